The maximum absolute atomic E-state index is 12.0. The number of carbonyl (C=O) groups is 1. The Labute approximate surface area is 133 Å². The zero-order valence-corrected chi connectivity index (χ0v) is 13.9. The van der Waals surface area contributed by atoms with Crippen LogP contribution in [0.15, 0.2) is 34.5 Å². The second kappa shape index (κ2) is 7.06. The van der Waals surface area contributed by atoms with Crippen LogP contribution < -0.4 is 11.1 Å². The maximum atomic E-state index is 12.0. The number of anilines is 1. The Morgan fingerprint density at radius 2 is 2.00 bits per heavy atom. The van der Waals surface area contributed by atoms with Crippen molar-refractivity contribution in [3.05, 3.63) is 29.6 Å². The molecule has 0 aliphatic carbocycles. The fourth-order valence-corrected chi connectivity index (χ4v) is 2.81. The van der Waals surface area contributed by atoms with Gasteiger partial charge in [0.15, 0.2) is 5.13 Å². The lowest BCUT2D eigenvalue weighted by Gasteiger charge is -2.13. The van der Waals surface area contributed by atoms with Crippen molar-refractivity contribution in [1.82, 2.24) is 4.98 Å². The molecule has 2 unspecified atom stereocenters. The third kappa shape index (κ3) is 4.06. The summed E-state index contributed by atoms with van der Waals surface area (Å²) in [5, 5.41) is 5.37. The van der Waals surface area contributed by atoms with Gasteiger partial charge in [0, 0.05) is 21.9 Å². The molecule has 0 aliphatic heterocycles. The standard InChI is InChI=1S/C15H19N3OS2/c1-9(10(2)16)14(19)18-15-17-13(8-21-15)11-4-6-12(20-3)7-5-11/h4-10H,16H2,1-3H3,(H,17,18,19). The van der Waals surface area contributed by atoms with Crippen LogP contribution in [-0.4, -0.2) is 23.2 Å². The molecule has 4 nitrogen and oxygen atoms in total. The molecule has 0 radical (unpaired) electrons. The zero-order valence-electron chi connectivity index (χ0n) is 12.3. The Bertz CT molecular complexity index is 608. The first-order valence-corrected chi connectivity index (χ1v) is 8.78. The summed E-state index contributed by atoms with van der Waals surface area (Å²) in [5.41, 5.74) is 7.65. The second-order valence-corrected chi connectivity index (χ2v) is 6.64. The molecule has 0 saturated carbocycles. The van der Waals surface area contributed by atoms with Crippen molar-refractivity contribution in [3.8, 4) is 11.3 Å². The van der Waals surface area contributed by atoms with Crippen molar-refractivity contribution in [1.29, 1.82) is 0 Å². The third-order valence-electron chi connectivity index (χ3n) is 3.32. The summed E-state index contributed by atoms with van der Waals surface area (Å²) >= 11 is 3.13. The number of rotatable bonds is 5. The number of amides is 1. The van der Waals surface area contributed by atoms with Gasteiger partial charge in [-0.2, -0.15) is 0 Å². The lowest BCUT2D eigenvalue weighted by Crippen LogP contribution is -2.34. The Kier molecular flexibility index (Phi) is 5.39. The van der Waals surface area contributed by atoms with Crippen LogP contribution in [0.2, 0.25) is 0 Å². The van der Waals surface area contributed by atoms with Gasteiger partial charge in [-0.25, -0.2) is 4.98 Å². The van der Waals surface area contributed by atoms with Gasteiger partial charge in [-0.05, 0) is 25.3 Å². The van der Waals surface area contributed by atoms with E-state index in [2.05, 4.69) is 22.4 Å². The van der Waals surface area contributed by atoms with Crippen molar-refractivity contribution in [3.63, 3.8) is 0 Å². The first-order chi connectivity index (χ1) is 10.0. The summed E-state index contributed by atoms with van der Waals surface area (Å²) in [7, 11) is 0. The van der Waals surface area contributed by atoms with Gasteiger partial charge in [0.2, 0.25) is 5.91 Å². The quantitative estimate of drug-likeness (QED) is 0.828. The van der Waals surface area contributed by atoms with E-state index in [1.54, 1.807) is 11.8 Å². The largest absolute Gasteiger partial charge is 0.327 e. The fourth-order valence-electron chi connectivity index (χ4n) is 1.68. The molecule has 1 amide bonds. The number of nitrogens with one attached hydrogen (secondary N) is 1. The normalized spacial score (nSPS) is 13.7. The van der Waals surface area contributed by atoms with Crippen LogP contribution in [0.3, 0.4) is 0 Å². The van der Waals surface area contributed by atoms with Gasteiger partial charge >= 0.3 is 0 Å². The van der Waals surface area contributed by atoms with Gasteiger partial charge in [-0.1, -0.05) is 19.1 Å². The monoisotopic (exact) mass is 321 g/mol. The Hall–Kier alpha value is -1.37. The van der Waals surface area contributed by atoms with E-state index >= 15 is 0 Å². The molecule has 2 atom stereocenters. The Morgan fingerprint density at radius 3 is 2.57 bits per heavy atom. The molecule has 0 aliphatic rings. The van der Waals surface area contributed by atoms with E-state index in [-0.39, 0.29) is 17.9 Å². The van der Waals surface area contributed by atoms with Crippen LogP contribution in [0.4, 0.5) is 5.13 Å². The van der Waals surface area contributed by atoms with E-state index in [9.17, 15) is 4.79 Å². The predicted molar refractivity (Wildman–Crippen MR) is 90.8 cm³/mol. The Morgan fingerprint density at radius 1 is 1.33 bits per heavy atom. The second-order valence-electron chi connectivity index (χ2n) is 4.90. The molecule has 0 fully saturated rings. The number of carbonyl (C=O) groups excluding carboxylic acids is 1. The van der Waals surface area contributed by atoms with Crippen LogP contribution in [0, 0.1) is 5.92 Å². The van der Waals surface area contributed by atoms with E-state index in [0.29, 0.717) is 5.13 Å². The average molecular weight is 321 g/mol. The highest BCUT2D eigenvalue weighted by Crippen LogP contribution is 2.27. The number of benzene rings is 1. The molecule has 2 rings (SSSR count). The molecular weight excluding hydrogens is 302 g/mol. The molecule has 0 saturated heterocycles. The summed E-state index contributed by atoms with van der Waals surface area (Å²) in [6.07, 6.45) is 2.05. The van der Waals surface area contributed by atoms with Crippen LogP contribution >= 0.6 is 23.1 Å². The first-order valence-electron chi connectivity index (χ1n) is 6.67. The van der Waals surface area contributed by atoms with Gasteiger partial charge in [0.25, 0.3) is 0 Å². The van der Waals surface area contributed by atoms with Crippen molar-refractivity contribution in [2.45, 2.75) is 24.8 Å². The number of aromatic nitrogens is 1. The highest BCUT2D eigenvalue weighted by atomic mass is 32.2. The molecule has 1 heterocycles. The van der Waals surface area contributed by atoms with Crippen molar-refractivity contribution in [2.75, 3.05) is 11.6 Å². The van der Waals surface area contributed by atoms with E-state index in [0.717, 1.165) is 11.3 Å². The minimum Gasteiger partial charge on any atom is -0.327 e. The van der Waals surface area contributed by atoms with Gasteiger partial charge in [-0.15, -0.1) is 23.1 Å². The molecule has 3 N–H and O–H groups in total. The lowest BCUT2D eigenvalue weighted by molar-refractivity contribution is -0.119. The van der Waals surface area contributed by atoms with Gasteiger partial charge < -0.3 is 11.1 Å². The number of hydrogen-bond donors (Lipinski definition) is 2. The molecule has 2 aromatic rings. The average Bonchev–Trinajstić information content (AvgIpc) is 2.94. The molecule has 21 heavy (non-hydrogen) atoms. The summed E-state index contributed by atoms with van der Waals surface area (Å²) in [4.78, 5) is 17.6. The minimum atomic E-state index is -0.238. The number of thiazole rings is 1. The highest BCUT2D eigenvalue weighted by Gasteiger charge is 2.18. The predicted octanol–water partition coefficient (Wildman–Crippen LogP) is 3.45. The molecule has 6 heteroatoms. The van der Waals surface area contributed by atoms with Gasteiger partial charge in [-0.3, -0.25) is 4.79 Å². The topological polar surface area (TPSA) is 68.0 Å². The zero-order chi connectivity index (χ0) is 15.4. The SMILES string of the molecule is CSc1ccc(-c2csc(NC(=O)C(C)C(C)N)n2)cc1. The van der Waals surface area contributed by atoms with Gasteiger partial charge in [0.05, 0.1) is 11.6 Å². The van der Waals surface area contributed by atoms with Crippen LogP contribution in [0.1, 0.15) is 13.8 Å². The molecule has 1 aromatic heterocycles. The van der Waals surface area contributed by atoms with E-state index in [4.69, 9.17) is 5.73 Å². The minimum absolute atomic E-state index is 0.0939. The molecule has 112 valence electrons. The van der Waals surface area contributed by atoms with Crippen LogP contribution in [0.25, 0.3) is 11.3 Å². The molecule has 0 spiro atoms. The third-order valence-corrected chi connectivity index (χ3v) is 4.82. The molecular formula is C15H19N3OS2. The van der Waals surface area contributed by atoms with E-state index in [1.807, 2.05) is 37.6 Å². The number of hydrogen-bond acceptors (Lipinski definition) is 5. The maximum Gasteiger partial charge on any atom is 0.230 e. The van der Waals surface area contributed by atoms with Crippen molar-refractivity contribution >= 4 is 34.1 Å². The Balaban J connectivity index is 2.08. The summed E-state index contributed by atoms with van der Waals surface area (Å²) in [5.74, 6) is -0.332. The van der Waals surface area contributed by atoms with Crippen molar-refractivity contribution < 1.29 is 4.79 Å². The van der Waals surface area contributed by atoms with Crippen LogP contribution in [0.5, 0.6) is 0 Å². The smallest absolute Gasteiger partial charge is 0.230 e. The number of nitrogens with two attached hydrogens (primary N) is 1. The number of nitrogens with zero attached hydrogens (tertiary/aromatic N) is 1. The van der Waals surface area contributed by atoms with Crippen LogP contribution in [-0.2, 0) is 4.79 Å². The van der Waals surface area contributed by atoms with E-state index < -0.39 is 0 Å². The van der Waals surface area contributed by atoms with Gasteiger partial charge in [0.1, 0.15) is 0 Å². The lowest BCUT2D eigenvalue weighted by atomic mass is 10.0. The first kappa shape index (κ1) is 16.0. The summed E-state index contributed by atoms with van der Waals surface area (Å²) in [6, 6.07) is 8.03. The summed E-state index contributed by atoms with van der Waals surface area (Å²) < 4.78 is 0. The van der Waals surface area contributed by atoms with Crippen molar-refractivity contribution in [2.24, 2.45) is 11.7 Å². The highest BCUT2D eigenvalue weighted by molar-refractivity contribution is 7.98. The summed E-state index contributed by atoms with van der Waals surface area (Å²) in [6.45, 7) is 3.64. The number of thioether (sulfide) groups is 1. The fraction of sp³-hybridized carbons (Fsp3) is 0.333. The molecule has 0 bridgehead atoms. The molecule has 1 aromatic carbocycles. The van der Waals surface area contributed by atoms with E-state index in [1.165, 1.54) is 16.2 Å².